The van der Waals surface area contributed by atoms with Gasteiger partial charge in [0.25, 0.3) is 0 Å². The van der Waals surface area contributed by atoms with E-state index >= 15 is 0 Å². The van der Waals surface area contributed by atoms with Crippen molar-refractivity contribution in [3.05, 3.63) is 0 Å². The smallest absolute Gasteiger partial charge is 0.221 e. The molecule has 1 aliphatic heterocycles. The maximum atomic E-state index is 11.6. The molecule has 4 nitrogen and oxygen atoms in total. The van der Waals surface area contributed by atoms with Gasteiger partial charge in [-0.1, -0.05) is 6.92 Å². The van der Waals surface area contributed by atoms with Crippen LogP contribution in [0, 0.1) is 5.92 Å². The van der Waals surface area contributed by atoms with E-state index < -0.39 is 0 Å². The summed E-state index contributed by atoms with van der Waals surface area (Å²) in [6, 6.07) is 1.08. The Morgan fingerprint density at radius 2 is 2.00 bits per heavy atom. The number of nitrogens with zero attached hydrogens (tertiary/aromatic N) is 1. The molecule has 1 saturated carbocycles. The highest BCUT2D eigenvalue weighted by Gasteiger charge is 2.38. The van der Waals surface area contributed by atoms with Gasteiger partial charge in [-0.05, 0) is 25.7 Å². The largest absolute Gasteiger partial charge is 0.352 e. The summed E-state index contributed by atoms with van der Waals surface area (Å²) in [6.45, 7) is 6.25. The van der Waals surface area contributed by atoms with Crippen LogP contribution in [0.3, 0.4) is 0 Å². The van der Waals surface area contributed by atoms with Gasteiger partial charge in [0.15, 0.2) is 0 Å². The summed E-state index contributed by atoms with van der Waals surface area (Å²) in [5, 5.41) is 3.11. The van der Waals surface area contributed by atoms with E-state index in [9.17, 15) is 4.79 Å². The lowest BCUT2D eigenvalue weighted by atomic mass is 10.1. The first-order valence-electron chi connectivity index (χ1n) is 6.35. The summed E-state index contributed by atoms with van der Waals surface area (Å²) in [7, 11) is 0. The van der Waals surface area contributed by atoms with Crippen molar-refractivity contribution in [1.82, 2.24) is 10.2 Å². The molecule has 18 heavy (non-hydrogen) atoms. The highest BCUT2D eigenvalue weighted by molar-refractivity contribution is 5.85. The van der Waals surface area contributed by atoms with Crippen LogP contribution in [0.25, 0.3) is 0 Å². The van der Waals surface area contributed by atoms with Crippen molar-refractivity contribution in [2.24, 2.45) is 11.7 Å². The summed E-state index contributed by atoms with van der Waals surface area (Å²) < 4.78 is 0. The van der Waals surface area contributed by atoms with Gasteiger partial charge in [0.1, 0.15) is 0 Å². The van der Waals surface area contributed by atoms with E-state index in [0.29, 0.717) is 18.4 Å². The molecule has 0 spiro atoms. The lowest BCUT2D eigenvalue weighted by Gasteiger charge is -2.17. The molecule has 0 aromatic heterocycles. The summed E-state index contributed by atoms with van der Waals surface area (Å²) in [5.41, 5.74) is 5.62. The van der Waals surface area contributed by atoms with Crippen molar-refractivity contribution < 1.29 is 4.79 Å². The quantitative estimate of drug-likeness (QED) is 0.819. The first kappa shape index (κ1) is 18.0. The summed E-state index contributed by atoms with van der Waals surface area (Å²) in [5.74, 6) is 0.669. The van der Waals surface area contributed by atoms with Gasteiger partial charge in [-0.2, -0.15) is 0 Å². The Labute approximate surface area is 122 Å². The van der Waals surface area contributed by atoms with E-state index in [1.807, 2.05) is 6.92 Å². The molecule has 2 rings (SSSR count). The van der Waals surface area contributed by atoms with E-state index in [1.54, 1.807) is 0 Å². The number of nitrogens with two attached hydrogens (primary N) is 1. The Morgan fingerprint density at radius 1 is 1.39 bits per heavy atom. The number of hydrogen-bond donors (Lipinski definition) is 2. The number of hydrogen-bond acceptors (Lipinski definition) is 3. The molecule has 3 atom stereocenters. The van der Waals surface area contributed by atoms with Crippen molar-refractivity contribution >= 4 is 30.7 Å². The van der Waals surface area contributed by atoms with Gasteiger partial charge in [-0.25, -0.2) is 0 Å². The minimum absolute atomic E-state index is 0. The van der Waals surface area contributed by atoms with Crippen LogP contribution in [0.5, 0.6) is 0 Å². The minimum Gasteiger partial charge on any atom is -0.352 e. The second-order valence-corrected chi connectivity index (χ2v) is 5.52. The zero-order valence-electron chi connectivity index (χ0n) is 11.1. The predicted molar refractivity (Wildman–Crippen MR) is 78.5 cm³/mol. The molecule has 3 unspecified atom stereocenters. The highest BCUT2D eigenvalue weighted by Crippen LogP contribution is 2.31. The average Bonchev–Trinajstić information content (AvgIpc) is 2.92. The molecule has 0 aromatic rings. The number of carbonyl (C=O) groups is 1. The number of nitrogens with one attached hydrogen (secondary N) is 1. The van der Waals surface area contributed by atoms with Gasteiger partial charge in [-0.3, -0.25) is 9.69 Å². The number of rotatable bonds is 4. The van der Waals surface area contributed by atoms with Crippen molar-refractivity contribution in [1.29, 1.82) is 0 Å². The van der Waals surface area contributed by atoms with E-state index in [1.165, 1.54) is 12.8 Å². The molecular formula is C12H25Cl2N3O. The number of halogens is 2. The molecule has 1 saturated heterocycles. The number of carbonyl (C=O) groups excluding carboxylic acids is 1. The molecule has 1 aliphatic carbocycles. The molecule has 1 heterocycles. The van der Waals surface area contributed by atoms with Crippen LogP contribution in [0.15, 0.2) is 0 Å². The van der Waals surface area contributed by atoms with Crippen molar-refractivity contribution in [2.75, 3.05) is 13.1 Å². The third-order valence-electron chi connectivity index (χ3n) is 3.56. The van der Waals surface area contributed by atoms with Gasteiger partial charge in [0.05, 0.1) is 0 Å². The van der Waals surface area contributed by atoms with Gasteiger partial charge in [0.2, 0.25) is 5.91 Å². The Hall–Kier alpha value is -0.0300. The maximum Gasteiger partial charge on any atom is 0.221 e. The van der Waals surface area contributed by atoms with Crippen LogP contribution < -0.4 is 11.1 Å². The first-order chi connectivity index (χ1) is 7.56. The van der Waals surface area contributed by atoms with E-state index in [4.69, 9.17) is 5.73 Å². The predicted octanol–water partition coefficient (Wildman–Crippen LogP) is 1.17. The maximum absolute atomic E-state index is 11.6. The van der Waals surface area contributed by atoms with E-state index in [2.05, 4.69) is 17.1 Å². The second kappa shape index (κ2) is 7.53. The van der Waals surface area contributed by atoms with E-state index in [-0.39, 0.29) is 36.8 Å². The first-order valence-corrected chi connectivity index (χ1v) is 6.35. The Kier molecular flexibility index (Phi) is 7.52. The second-order valence-electron chi connectivity index (χ2n) is 5.52. The zero-order valence-corrected chi connectivity index (χ0v) is 12.7. The highest BCUT2D eigenvalue weighted by atomic mass is 35.5. The zero-order chi connectivity index (χ0) is 11.7. The molecule has 3 N–H and O–H groups in total. The third kappa shape index (κ3) is 4.92. The fourth-order valence-electron chi connectivity index (χ4n) is 2.49. The average molecular weight is 298 g/mol. The lowest BCUT2D eigenvalue weighted by Crippen LogP contribution is -2.41. The fraction of sp³-hybridized carbons (Fsp3) is 0.917. The van der Waals surface area contributed by atoms with Crippen LogP contribution in [0.4, 0.5) is 0 Å². The monoisotopic (exact) mass is 297 g/mol. The summed E-state index contributed by atoms with van der Waals surface area (Å²) in [6.07, 6.45) is 3.12. The summed E-state index contributed by atoms with van der Waals surface area (Å²) in [4.78, 5) is 14.2. The van der Waals surface area contributed by atoms with Crippen molar-refractivity contribution in [3.8, 4) is 0 Å². The number of amides is 1. The minimum atomic E-state index is -0.0451. The van der Waals surface area contributed by atoms with E-state index in [0.717, 1.165) is 19.1 Å². The van der Waals surface area contributed by atoms with Gasteiger partial charge >= 0.3 is 0 Å². The molecule has 1 amide bonds. The molecule has 0 aromatic carbocycles. The van der Waals surface area contributed by atoms with Crippen molar-refractivity contribution in [2.45, 2.75) is 51.2 Å². The SMILES string of the molecule is CC(N)CC(=O)NC1CN(C2CC2)CC1C.Cl.Cl. The van der Waals surface area contributed by atoms with Crippen molar-refractivity contribution in [3.63, 3.8) is 0 Å². The van der Waals surface area contributed by atoms with Gasteiger partial charge < -0.3 is 11.1 Å². The Balaban J connectivity index is 0.00000144. The fourth-order valence-corrected chi connectivity index (χ4v) is 2.49. The molecule has 108 valence electrons. The van der Waals surface area contributed by atoms with Crippen LogP contribution >= 0.6 is 24.8 Å². The molecular weight excluding hydrogens is 273 g/mol. The molecule has 6 heteroatoms. The standard InChI is InChI=1S/C12H23N3O.2ClH/c1-8-6-15(10-3-4-10)7-11(8)14-12(16)5-9(2)13;;/h8-11H,3-7,13H2,1-2H3,(H,14,16);2*1H. The summed E-state index contributed by atoms with van der Waals surface area (Å²) >= 11 is 0. The molecule has 0 bridgehead atoms. The Bertz CT molecular complexity index is 272. The van der Waals surface area contributed by atoms with Crippen LogP contribution in [-0.4, -0.2) is 42.0 Å². The van der Waals surface area contributed by atoms with Gasteiger partial charge in [-0.15, -0.1) is 24.8 Å². The third-order valence-corrected chi connectivity index (χ3v) is 3.56. The van der Waals surface area contributed by atoms with Crippen LogP contribution in [-0.2, 0) is 4.79 Å². The topological polar surface area (TPSA) is 58.4 Å². The molecule has 2 aliphatic rings. The van der Waals surface area contributed by atoms with Gasteiger partial charge in [0, 0.05) is 37.6 Å². The number of likely N-dealkylation sites (tertiary alicyclic amines) is 1. The Morgan fingerprint density at radius 3 is 2.50 bits per heavy atom. The lowest BCUT2D eigenvalue weighted by molar-refractivity contribution is -0.122. The normalized spacial score (nSPS) is 29.1. The molecule has 0 radical (unpaired) electrons. The molecule has 2 fully saturated rings. The van der Waals surface area contributed by atoms with Crippen LogP contribution in [0.2, 0.25) is 0 Å². The van der Waals surface area contributed by atoms with Crippen LogP contribution in [0.1, 0.15) is 33.1 Å².